The maximum Gasteiger partial charge on any atom is 0.417 e. The molecule has 3 rings (SSSR count). The zero-order valence-corrected chi connectivity index (χ0v) is 21.4. The Morgan fingerprint density at radius 3 is 2.29 bits per heavy atom. The third kappa shape index (κ3) is 7.33. The Balaban J connectivity index is 1.82. The number of carbonyl (C=O) groups is 1. The van der Waals surface area contributed by atoms with Crippen molar-refractivity contribution < 1.29 is 35.9 Å². The van der Waals surface area contributed by atoms with Crippen molar-refractivity contribution >= 4 is 22.1 Å². The quantitative estimate of drug-likeness (QED) is 0.287. The van der Waals surface area contributed by atoms with E-state index in [1.807, 2.05) is 30.3 Å². The van der Waals surface area contributed by atoms with E-state index >= 15 is 0 Å². The van der Waals surface area contributed by atoms with Crippen molar-refractivity contribution in [3.05, 3.63) is 89.5 Å². The average Bonchev–Trinajstić information content (AvgIpc) is 2.90. The van der Waals surface area contributed by atoms with Crippen LogP contribution >= 0.6 is 0 Å². The van der Waals surface area contributed by atoms with Crippen LogP contribution in [-0.2, 0) is 27.4 Å². The van der Waals surface area contributed by atoms with E-state index in [0.29, 0.717) is 12.2 Å². The number of amides is 1. The van der Waals surface area contributed by atoms with E-state index in [1.165, 1.54) is 50.6 Å². The molecule has 8 nitrogen and oxygen atoms in total. The fraction of sp³-hybridized carbons (Fsp3) is 0.231. The highest BCUT2D eigenvalue weighted by Crippen LogP contribution is 2.32. The molecule has 3 aromatic carbocycles. The molecule has 0 atom stereocenters. The molecular formula is C26H26F3N3O5S. The van der Waals surface area contributed by atoms with Crippen molar-refractivity contribution in [1.29, 1.82) is 0 Å². The summed E-state index contributed by atoms with van der Waals surface area (Å²) in [5.74, 6) is -0.315. The van der Waals surface area contributed by atoms with Crippen molar-refractivity contribution in [2.45, 2.75) is 17.5 Å². The van der Waals surface area contributed by atoms with Gasteiger partial charge in [0.05, 0.1) is 37.4 Å². The molecule has 38 heavy (non-hydrogen) atoms. The molecule has 12 heteroatoms. The predicted molar refractivity (Wildman–Crippen MR) is 136 cm³/mol. The van der Waals surface area contributed by atoms with Gasteiger partial charge in [0.15, 0.2) is 11.5 Å². The summed E-state index contributed by atoms with van der Waals surface area (Å²) in [5, 5.41) is 3.61. The first-order valence-electron chi connectivity index (χ1n) is 11.3. The van der Waals surface area contributed by atoms with E-state index in [2.05, 4.69) is 10.5 Å². The Bertz CT molecular complexity index is 1380. The van der Waals surface area contributed by atoms with Gasteiger partial charge in [-0.1, -0.05) is 48.5 Å². The Hall–Kier alpha value is -3.90. The van der Waals surface area contributed by atoms with Gasteiger partial charge in [-0.15, -0.1) is 0 Å². The minimum absolute atomic E-state index is 0.0469. The predicted octanol–water partition coefficient (Wildman–Crippen LogP) is 4.11. The summed E-state index contributed by atoms with van der Waals surface area (Å²) in [6.45, 7) is -0.670. The van der Waals surface area contributed by atoms with Gasteiger partial charge in [-0.05, 0) is 30.2 Å². The molecule has 0 radical (unpaired) electrons. The fourth-order valence-electron chi connectivity index (χ4n) is 3.55. The van der Waals surface area contributed by atoms with E-state index in [-0.39, 0.29) is 22.8 Å². The molecule has 0 fully saturated rings. The SMILES string of the molecule is COc1ccc(S(=O)(=O)N(CCc2ccccc2)CC(=O)NN=Cc2ccccc2C(F)(F)F)cc1OC. The van der Waals surface area contributed by atoms with Crippen LogP contribution in [-0.4, -0.2) is 52.2 Å². The number of hydrogen-bond donors (Lipinski definition) is 1. The Labute approximate surface area is 218 Å². The minimum atomic E-state index is -4.60. The number of nitrogens with one attached hydrogen (secondary N) is 1. The molecule has 0 bridgehead atoms. The molecule has 0 aliphatic carbocycles. The Morgan fingerprint density at radius 1 is 0.974 bits per heavy atom. The second-order valence-electron chi connectivity index (χ2n) is 7.97. The highest BCUT2D eigenvalue weighted by Gasteiger charge is 2.32. The van der Waals surface area contributed by atoms with E-state index in [4.69, 9.17) is 9.47 Å². The third-order valence-corrected chi connectivity index (χ3v) is 7.31. The fourth-order valence-corrected chi connectivity index (χ4v) is 4.96. The first-order valence-corrected chi connectivity index (χ1v) is 12.7. The maximum atomic E-state index is 13.5. The van der Waals surface area contributed by atoms with Gasteiger partial charge in [0.1, 0.15) is 0 Å². The second kappa shape index (κ2) is 12.6. The Morgan fingerprint density at radius 2 is 1.63 bits per heavy atom. The molecule has 0 unspecified atom stereocenters. The average molecular weight is 550 g/mol. The highest BCUT2D eigenvalue weighted by atomic mass is 32.2. The summed E-state index contributed by atoms with van der Waals surface area (Å²) in [5.41, 5.74) is 1.80. The number of ether oxygens (including phenoxy) is 2. The van der Waals surface area contributed by atoms with Gasteiger partial charge in [-0.25, -0.2) is 13.8 Å². The van der Waals surface area contributed by atoms with Gasteiger partial charge in [0.25, 0.3) is 5.91 Å². The topological polar surface area (TPSA) is 97.3 Å². The van der Waals surface area contributed by atoms with Crippen LogP contribution in [0, 0.1) is 0 Å². The second-order valence-corrected chi connectivity index (χ2v) is 9.91. The van der Waals surface area contributed by atoms with E-state index in [0.717, 1.165) is 22.1 Å². The largest absolute Gasteiger partial charge is 0.493 e. The summed E-state index contributed by atoms with van der Waals surface area (Å²) < 4.78 is 77.9. The summed E-state index contributed by atoms with van der Waals surface area (Å²) in [4.78, 5) is 12.5. The van der Waals surface area contributed by atoms with Crippen LogP contribution in [0.2, 0.25) is 0 Å². The molecule has 0 saturated carbocycles. The number of nitrogens with zero attached hydrogens (tertiary/aromatic N) is 2. The smallest absolute Gasteiger partial charge is 0.417 e. The van der Waals surface area contributed by atoms with Crippen molar-refractivity contribution in [2.24, 2.45) is 5.10 Å². The van der Waals surface area contributed by atoms with E-state index < -0.39 is 34.2 Å². The molecule has 1 N–H and O–H groups in total. The monoisotopic (exact) mass is 549 g/mol. The van der Waals surface area contributed by atoms with Crippen LogP contribution in [0.25, 0.3) is 0 Å². The lowest BCUT2D eigenvalue weighted by molar-refractivity contribution is -0.137. The van der Waals surface area contributed by atoms with Crippen molar-refractivity contribution in [3.8, 4) is 11.5 Å². The number of carbonyl (C=O) groups excluding carboxylic acids is 1. The molecule has 0 aromatic heterocycles. The summed E-state index contributed by atoms with van der Waals surface area (Å²) in [6.07, 6.45) is -3.44. The summed E-state index contributed by atoms with van der Waals surface area (Å²) in [6, 6.07) is 17.9. The van der Waals surface area contributed by atoms with Crippen LogP contribution in [0.1, 0.15) is 16.7 Å². The number of halogens is 3. The lowest BCUT2D eigenvalue weighted by atomic mass is 10.1. The molecule has 3 aromatic rings. The standard InChI is InChI=1S/C26H26F3N3O5S/c1-36-23-13-12-21(16-24(23)37-2)38(34,35)32(15-14-19-8-4-3-5-9-19)18-25(33)31-30-17-20-10-6-7-11-22(20)26(27,28)29/h3-13,16-17H,14-15,18H2,1-2H3,(H,31,33). The third-order valence-electron chi connectivity index (χ3n) is 5.46. The number of sulfonamides is 1. The lowest BCUT2D eigenvalue weighted by Crippen LogP contribution is -2.40. The lowest BCUT2D eigenvalue weighted by Gasteiger charge is -2.22. The summed E-state index contributed by atoms with van der Waals surface area (Å²) >= 11 is 0. The molecule has 0 heterocycles. The molecule has 202 valence electrons. The Kier molecular flexibility index (Phi) is 9.48. The minimum Gasteiger partial charge on any atom is -0.493 e. The number of methoxy groups -OCH3 is 2. The van der Waals surface area contributed by atoms with Gasteiger partial charge < -0.3 is 9.47 Å². The maximum absolute atomic E-state index is 13.5. The molecule has 0 aliphatic heterocycles. The van der Waals surface area contributed by atoms with Crippen LogP contribution in [0.5, 0.6) is 11.5 Å². The normalized spacial score (nSPS) is 12.1. The summed E-state index contributed by atoms with van der Waals surface area (Å²) in [7, 11) is -1.41. The highest BCUT2D eigenvalue weighted by molar-refractivity contribution is 7.89. The first-order chi connectivity index (χ1) is 18.1. The molecule has 0 spiro atoms. The van der Waals surface area contributed by atoms with Crippen LogP contribution in [0.3, 0.4) is 0 Å². The van der Waals surface area contributed by atoms with Crippen LogP contribution in [0.4, 0.5) is 13.2 Å². The number of benzene rings is 3. The number of hydrogen-bond acceptors (Lipinski definition) is 6. The van der Waals surface area contributed by atoms with Gasteiger partial charge in [0.2, 0.25) is 10.0 Å². The van der Waals surface area contributed by atoms with Crippen LogP contribution < -0.4 is 14.9 Å². The van der Waals surface area contributed by atoms with Gasteiger partial charge in [0, 0.05) is 18.2 Å². The van der Waals surface area contributed by atoms with Gasteiger partial charge in [-0.3, -0.25) is 4.79 Å². The molecule has 0 aliphatic rings. The molecule has 0 saturated heterocycles. The first kappa shape index (κ1) is 28.7. The van der Waals surface area contributed by atoms with E-state index in [9.17, 15) is 26.4 Å². The number of alkyl halides is 3. The van der Waals surface area contributed by atoms with Crippen molar-refractivity contribution in [1.82, 2.24) is 9.73 Å². The zero-order chi connectivity index (χ0) is 27.8. The van der Waals surface area contributed by atoms with Crippen LogP contribution in [0.15, 0.2) is 82.8 Å². The number of hydrazone groups is 1. The van der Waals surface area contributed by atoms with Crippen molar-refractivity contribution in [2.75, 3.05) is 27.3 Å². The molecule has 1 amide bonds. The van der Waals surface area contributed by atoms with Gasteiger partial charge in [-0.2, -0.15) is 22.6 Å². The molecular weight excluding hydrogens is 523 g/mol. The zero-order valence-electron chi connectivity index (χ0n) is 20.6. The number of rotatable bonds is 11. The van der Waals surface area contributed by atoms with E-state index in [1.54, 1.807) is 0 Å². The van der Waals surface area contributed by atoms with Crippen molar-refractivity contribution in [3.63, 3.8) is 0 Å². The van der Waals surface area contributed by atoms with Gasteiger partial charge >= 0.3 is 6.18 Å².